The molecule has 1 N–H and O–H groups in total. The van der Waals surface area contributed by atoms with Gasteiger partial charge in [0.05, 0.1) is 23.0 Å². The van der Waals surface area contributed by atoms with Crippen molar-refractivity contribution < 1.29 is 28.7 Å². The number of rotatable bonds is 9. The lowest BCUT2D eigenvalue weighted by Crippen LogP contribution is -2.22. The maximum Gasteiger partial charge on any atom is 0.341 e. The number of Topliss-reactive ketones (excluding diaryl/α,β-unsaturated/α-hetero) is 1. The van der Waals surface area contributed by atoms with Gasteiger partial charge in [-0.05, 0) is 56.5 Å². The van der Waals surface area contributed by atoms with Gasteiger partial charge in [-0.25, -0.2) is 4.79 Å². The van der Waals surface area contributed by atoms with E-state index in [2.05, 4.69) is 5.32 Å². The molecule has 0 saturated carbocycles. The Morgan fingerprint density at radius 1 is 1.13 bits per heavy atom. The molecule has 0 fully saturated rings. The Morgan fingerprint density at radius 3 is 2.61 bits per heavy atom. The molecule has 0 bridgehead atoms. The van der Waals surface area contributed by atoms with Gasteiger partial charge in [0.25, 0.3) is 5.91 Å². The highest BCUT2D eigenvalue weighted by atomic mass is 32.1. The van der Waals surface area contributed by atoms with Crippen LogP contribution in [0.1, 0.15) is 70.0 Å². The maximum absolute atomic E-state index is 12.6. The number of carbonyl (C=O) groups is 4. The molecule has 7 nitrogen and oxygen atoms in total. The van der Waals surface area contributed by atoms with Crippen LogP contribution < -0.4 is 5.32 Å². The molecule has 0 saturated heterocycles. The van der Waals surface area contributed by atoms with Crippen molar-refractivity contribution in [1.29, 1.82) is 0 Å². The van der Waals surface area contributed by atoms with Gasteiger partial charge < -0.3 is 14.8 Å². The first-order chi connectivity index (χ1) is 14.8. The fraction of sp³-hybridized carbons (Fsp3) is 0.455. The van der Waals surface area contributed by atoms with E-state index in [-0.39, 0.29) is 24.7 Å². The second-order valence-electron chi connectivity index (χ2n) is 7.48. The largest absolute Gasteiger partial charge is 0.459 e. The van der Waals surface area contributed by atoms with Crippen molar-refractivity contribution >= 4 is 51.3 Å². The van der Waals surface area contributed by atoms with E-state index in [0.29, 0.717) is 15.4 Å². The van der Waals surface area contributed by atoms with Crippen LogP contribution in [-0.2, 0) is 31.9 Å². The van der Waals surface area contributed by atoms with Crippen molar-refractivity contribution in [2.75, 3.05) is 11.9 Å². The Balaban J connectivity index is 1.56. The summed E-state index contributed by atoms with van der Waals surface area (Å²) >= 11 is 2.69. The highest BCUT2D eigenvalue weighted by molar-refractivity contribution is 7.17. The van der Waals surface area contributed by atoms with Gasteiger partial charge in [0.15, 0.2) is 12.4 Å². The number of thiophene rings is 2. The van der Waals surface area contributed by atoms with Crippen molar-refractivity contribution in [2.45, 2.75) is 58.5 Å². The number of amides is 1. The van der Waals surface area contributed by atoms with Crippen molar-refractivity contribution in [3.8, 4) is 0 Å². The van der Waals surface area contributed by atoms with E-state index in [1.807, 2.05) is 0 Å². The number of nitrogens with one attached hydrogen (secondary N) is 1. The predicted molar refractivity (Wildman–Crippen MR) is 119 cm³/mol. The Bertz CT molecular complexity index is 961. The molecular weight excluding hydrogens is 438 g/mol. The second kappa shape index (κ2) is 10.7. The average molecular weight is 464 g/mol. The monoisotopic (exact) mass is 463 g/mol. The van der Waals surface area contributed by atoms with Gasteiger partial charge in [-0.2, -0.15) is 0 Å². The van der Waals surface area contributed by atoms with Crippen LogP contribution in [0, 0.1) is 0 Å². The van der Waals surface area contributed by atoms with E-state index >= 15 is 0 Å². The summed E-state index contributed by atoms with van der Waals surface area (Å²) in [5.41, 5.74) is 1.36. The predicted octanol–water partition coefficient (Wildman–Crippen LogP) is 4.40. The second-order valence-corrected chi connectivity index (χ2v) is 9.53. The van der Waals surface area contributed by atoms with Crippen LogP contribution in [0.4, 0.5) is 5.00 Å². The molecule has 3 rings (SSSR count). The molecule has 0 aromatic carbocycles. The van der Waals surface area contributed by atoms with Crippen LogP contribution in [0.5, 0.6) is 0 Å². The molecule has 2 aromatic heterocycles. The third kappa shape index (κ3) is 6.24. The van der Waals surface area contributed by atoms with Gasteiger partial charge in [-0.15, -0.1) is 22.7 Å². The minimum Gasteiger partial charge on any atom is -0.459 e. The zero-order valence-electron chi connectivity index (χ0n) is 17.5. The molecule has 0 spiro atoms. The number of hydrogen-bond donors (Lipinski definition) is 1. The molecule has 1 amide bonds. The zero-order valence-corrected chi connectivity index (χ0v) is 19.2. The minimum atomic E-state index is -0.620. The topological polar surface area (TPSA) is 98.8 Å². The smallest absolute Gasteiger partial charge is 0.341 e. The quantitative estimate of drug-likeness (QED) is 0.437. The molecule has 1 aliphatic carbocycles. The number of ether oxygens (including phenoxy) is 2. The van der Waals surface area contributed by atoms with Crippen molar-refractivity contribution in [1.82, 2.24) is 0 Å². The first kappa shape index (κ1) is 23.1. The summed E-state index contributed by atoms with van der Waals surface area (Å²) in [5.74, 6) is -1.73. The van der Waals surface area contributed by atoms with E-state index in [1.54, 1.807) is 31.4 Å². The third-order valence-electron chi connectivity index (χ3n) is 4.69. The Hall–Kier alpha value is -2.52. The van der Waals surface area contributed by atoms with Crippen LogP contribution in [0.25, 0.3) is 0 Å². The van der Waals surface area contributed by atoms with Crippen LogP contribution in [-0.4, -0.2) is 36.3 Å². The van der Waals surface area contributed by atoms with E-state index in [9.17, 15) is 19.2 Å². The maximum atomic E-state index is 12.6. The van der Waals surface area contributed by atoms with Crippen LogP contribution in [0.15, 0.2) is 17.5 Å². The molecule has 2 aromatic rings. The molecule has 31 heavy (non-hydrogen) atoms. The van der Waals surface area contributed by atoms with Gasteiger partial charge >= 0.3 is 11.9 Å². The molecule has 1 aliphatic rings. The summed E-state index contributed by atoms with van der Waals surface area (Å²) < 4.78 is 10.4. The molecule has 0 radical (unpaired) electrons. The van der Waals surface area contributed by atoms with E-state index in [0.717, 1.165) is 36.1 Å². The minimum absolute atomic E-state index is 0.0315. The Morgan fingerprint density at radius 2 is 1.90 bits per heavy atom. The summed E-state index contributed by atoms with van der Waals surface area (Å²) in [6.07, 6.45) is 3.34. The molecule has 9 heteroatoms. The summed E-state index contributed by atoms with van der Waals surface area (Å²) in [4.78, 5) is 50.5. The summed E-state index contributed by atoms with van der Waals surface area (Å²) in [7, 11) is 0. The van der Waals surface area contributed by atoms with Gasteiger partial charge in [-0.1, -0.05) is 6.07 Å². The van der Waals surface area contributed by atoms with E-state index < -0.39 is 24.5 Å². The first-order valence-corrected chi connectivity index (χ1v) is 11.9. The normalized spacial score (nSPS) is 12.9. The Kier molecular flexibility index (Phi) is 7.97. The number of ketones is 1. The van der Waals surface area contributed by atoms with E-state index in [4.69, 9.17) is 9.47 Å². The van der Waals surface area contributed by atoms with Gasteiger partial charge in [0.2, 0.25) is 0 Å². The van der Waals surface area contributed by atoms with Crippen LogP contribution in [0.3, 0.4) is 0 Å². The number of carbonyl (C=O) groups excluding carboxylic acids is 4. The van der Waals surface area contributed by atoms with Gasteiger partial charge in [0, 0.05) is 11.3 Å². The number of aryl methyl sites for hydroxylation is 1. The summed E-state index contributed by atoms with van der Waals surface area (Å²) in [6.45, 7) is 3.07. The molecule has 0 unspecified atom stereocenters. The average Bonchev–Trinajstić information content (AvgIpc) is 3.37. The fourth-order valence-electron chi connectivity index (χ4n) is 3.30. The number of anilines is 1. The van der Waals surface area contributed by atoms with Crippen LogP contribution in [0.2, 0.25) is 0 Å². The summed E-state index contributed by atoms with van der Waals surface area (Å²) in [6, 6.07) is 3.47. The van der Waals surface area contributed by atoms with Crippen LogP contribution >= 0.6 is 22.7 Å². The van der Waals surface area contributed by atoms with Crippen molar-refractivity contribution in [3.05, 3.63) is 38.4 Å². The Labute approximate surface area is 188 Å². The molecule has 166 valence electrons. The number of fused-ring (bicyclic) bond motifs is 1. The van der Waals surface area contributed by atoms with Gasteiger partial charge in [-0.3, -0.25) is 14.4 Å². The standard InChI is InChI=1S/C22H25NO6S2/c1-13(2)29-22(27)20-14-6-3-4-7-16(14)31-21(20)23-18(25)12-28-19(26)10-9-15(24)17-8-5-11-30-17/h5,8,11,13H,3-4,6-7,9-10,12H2,1-2H3,(H,23,25). The lowest BCUT2D eigenvalue weighted by Gasteiger charge is -2.14. The zero-order chi connectivity index (χ0) is 22.4. The number of hydrogen-bond acceptors (Lipinski definition) is 8. The SMILES string of the molecule is CC(C)OC(=O)c1c(NC(=O)COC(=O)CCC(=O)c2cccs2)sc2c1CCCC2. The highest BCUT2D eigenvalue weighted by Gasteiger charge is 2.28. The fourth-order valence-corrected chi connectivity index (χ4v) is 5.29. The molecule has 0 atom stereocenters. The summed E-state index contributed by atoms with van der Waals surface area (Å²) in [5, 5.41) is 4.93. The molecule has 0 aliphatic heterocycles. The van der Waals surface area contributed by atoms with Crippen molar-refractivity contribution in [3.63, 3.8) is 0 Å². The van der Waals surface area contributed by atoms with Crippen molar-refractivity contribution in [2.24, 2.45) is 0 Å². The third-order valence-corrected chi connectivity index (χ3v) is 6.81. The van der Waals surface area contributed by atoms with E-state index in [1.165, 1.54) is 22.7 Å². The number of esters is 2. The molecular formula is C22H25NO6S2. The molecule has 2 heterocycles. The lowest BCUT2D eigenvalue weighted by molar-refractivity contribution is -0.147. The first-order valence-electron chi connectivity index (χ1n) is 10.2. The van der Waals surface area contributed by atoms with Gasteiger partial charge in [0.1, 0.15) is 5.00 Å². The highest BCUT2D eigenvalue weighted by Crippen LogP contribution is 2.38. The lowest BCUT2D eigenvalue weighted by atomic mass is 9.95.